The minimum atomic E-state index is 0.391. The largest absolute Gasteiger partial charge is 0.396 e. The van der Waals surface area contributed by atoms with Crippen LogP contribution in [0.2, 0.25) is 0 Å². The van der Waals surface area contributed by atoms with E-state index in [-0.39, 0.29) is 0 Å². The molecule has 2 saturated heterocycles. The Morgan fingerprint density at radius 1 is 1.19 bits per heavy atom. The number of hydrogen-bond acceptors (Lipinski definition) is 3. The zero-order chi connectivity index (χ0) is 11.2. The maximum Gasteiger partial charge on any atom is 0.0474 e. The molecular weight excluding hydrogens is 218 g/mol. The summed E-state index contributed by atoms with van der Waals surface area (Å²) in [4.78, 5) is 2.59. The lowest BCUT2D eigenvalue weighted by Gasteiger charge is -2.28. The van der Waals surface area contributed by atoms with Crippen LogP contribution in [0.25, 0.3) is 0 Å². The van der Waals surface area contributed by atoms with Crippen molar-refractivity contribution in [3.05, 3.63) is 0 Å². The molecule has 16 heavy (non-hydrogen) atoms. The first kappa shape index (κ1) is 12.7. The average Bonchev–Trinajstić information content (AvgIpc) is 2.71. The Hall–Kier alpha value is 0.270. The van der Waals surface area contributed by atoms with Gasteiger partial charge in [0.2, 0.25) is 0 Å². The molecular formula is C13H25NOS. The molecule has 0 aromatic rings. The van der Waals surface area contributed by atoms with Crippen molar-refractivity contribution in [2.75, 3.05) is 37.7 Å². The van der Waals surface area contributed by atoms with E-state index in [2.05, 4.69) is 16.7 Å². The molecule has 0 spiro atoms. The first-order valence-electron chi connectivity index (χ1n) is 6.81. The molecule has 2 nitrogen and oxygen atoms in total. The lowest BCUT2D eigenvalue weighted by atomic mass is 9.92. The second-order valence-electron chi connectivity index (χ2n) is 5.28. The Labute approximate surface area is 104 Å². The zero-order valence-corrected chi connectivity index (χ0v) is 11.1. The van der Waals surface area contributed by atoms with Crippen LogP contribution < -0.4 is 0 Å². The van der Waals surface area contributed by atoms with Crippen molar-refractivity contribution in [3.63, 3.8) is 0 Å². The predicted octanol–water partition coefficient (Wildman–Crippen LogP) is 2.22. The zero-order valence-electron chi connectivity index (χ0n) is 10.2. The molecule has 0 aromatic heterocycles. The van der Waals surface area contributed by atoms with Crippen LogP contribution in [0.3, 0.4) is 0 Å². The summed E-state index contributed by atoms with van der Waals surface area (Å²) in [7, 11) is 0. The maximum atomic E-state index is 9.55. The predicted molar refractivity (Wildman–Crippen MR) is 70.9 cm³/mol. The van der Waals surface area contributed by atoms with E-state index in [0.29, 0.717) is 12.5 Å². The highest BCUT2D eigenvalue weighted by Crippen LogP contribution is 2.30. The highest BCUT2D eigenvalue weighted by molar-refractivity contribution is 7.99. The van der Waals surface area contributed by atoms with E-state index in [1.807, 2.05) is 0 Å². The first-order chi connectivity index (χ1) is 7.90. The number of nitrogens with zero attached hydrogens (tertiary/aromatic N) is 1. The van der Waals surface area contributed by atoms with Gasteiger partial charge in [-0.1, -0.05) is 12.8 Å². The summed E-state index contributed by atoms with van der Waals surface area (Å²) >= 11 is 2.06. The van der Waals surface area contributed by atoms with Gasteiger partial charge in [0.1, 0.15) is 0 Å². The number of aliphatic hydroxyl groups excluding tert-OH is 1. The van der Waals surface area contributed by atoms with Gasteiger partial charge in [-0.15, -0.1) is 0 Å². The van der Waals surface area contributed by atoms with Gasteiger partial charge in [-0.25, -0.2) is 0 Å². The smallest absolute Gasteiger partial charge is 0.0474 e. The van der Waals surface area contributed by atoms with E-state index in [4.69, 9.17) is 0 Å². The van der Waals surface area contributed by atoms with Gasteiger partial charge in [0.05, 0.1) is 0 Å². The fourth-order valence-electron chi connectivity index (χ4n) is 2.93. The van der Waals surface area contributed by atoms with E-state index >= 15 is 0 Å². The topological polar surface area (TPSA) is 23.5 Å². The highest BCUT2D eigenvalue weighted by Gasteiger charge is 2.26. The Balaban J connectivity index is 1.79. The van der Waals surface area contributed by atoms with Crippen molar-refractivity contribution >= 4 is 11.8 Å². The summed E-state index contributed by atoms with van der Waals surface area (Å²) in [6, 6.07) is 0. The van der Waals surface area contributed by atoms with Crippen molar-refractivity contribution in [1.29, 1.82) is 0 Å². The normalized spacial score (nSPS) is 30.2. The summed E-state index contributed by atoms with van der Waals surface area (Å²) in [5, 5.41) is 9.55. The van der Waals surface area contributed by atoms with Gasteiger partial charge in [0.25, 0.3) is 0 Å². The lowest BCUT2D eigenvalue weighted by molar-refractivity contribution is 0.131. The highest BCUT2D eigenvalue weighted by atomic mass is 32.2. The maximum absolute atomic E-state index is 9.55. The molecule has 94 valence electrons. The molecule has 0 saturated carbocycles. The summed E-state index contributed by atoms with van der Waals surface area (Å²) in [6.07, 6.45) is 6.85. The third kappa shape index (κ3) is 3.64. The number of likely N-dealkylation sites (tertiary alicyclic amines) is 1. The number of aliphatic hydroxyl groups is 1. The van der Waals surface area contributed by atoms with Crippen LogP contribution in [-0.4, -0.2) is 47.8 Å². The molecule has 2 aliphatic heterocycles. The van der Waals surface area contributed by atoms with E-state index in [1.165, 1.54) is 56.7 Å². The molecule has 0 amide bonds. The van der Waals surface area contributed by atoms with Crippen LogP contribution in [0.4, 0.5) is 0 Å². The Kier molecular flexibility index (Phi) is 5.46. The van der Waals surface area contributed by atoms with Gasteiger partial charge in [0.15, 0.2) is 0 Å². The molecule has 2 heterocycles. The van der Waals surface area contributed by atoms with Gasteiger partial charge in [-0.05, 0) is 55.7 Å². The molecule has 2 aliphatic rings. The van der Waals surface area contributed by atoms with E-state index in [0.717, 1.165) is 12.5 Å². The molecule has 2 fully saturated rings. The molecule has 2 unspecified atom stereocenters. The number of hydrogen-bond donors (Lipinski definition) is 1. The Bertz CT molecular complexity index is 186. The van der Waals surface area contributed by atoms with Gasteiger partial charge < -0.3 is 10.0 Å². The van der Waals surface area contributed by atoms with Crippen molar-refractivity contribution in [2.24, 2.45) is 11.8 Å². The quantitative estimate of drug-likeness (QED) is 0.819. The van der Waals surface area contributed by atoms with Crippen LogP contribution >= 0.6 is 11.8 Å². The molecule has 1 N–H and O–H groups in total. The second kappa shape index (κ2) is 6.87. The summed E-state index contributed by atoms with van der Waals surface area (Å²) in [5.41, 5.74) is 0. The van der Waals surface area contributed by atoms with Crippen molar-refractivity contribution in [1.82, 2.24) is 4.90 Å². The SMILES string of the molecule is OCC(CN1CCCCCC1)C1CCSC1. The fourth-order valence-corrected chi connectivity index (χ4v) is 4.31. The van der Waals surface area contributed by atoms with Crippen LogP contribution in [0.1, 0.15) is 32.1 Å². The van der Waals surface area contributed by atoms with Crippen molar-refractivity contribution < 1.29 is 5.11 Å². The molecule has 2 atom stereocenters. The molecule has 3 heteroatoms. The van der Waals surface area contributed by atoms with Crippen LogP contribution in [-0.2, 0) is 0 Å². The van der Waals surface area contributed by atoms with Crippen molar-refractivity contribution in [3.8, 4) is 0 Å². The monoisotopic (exact) mass is 243 g/mol. The van der Waals surface area contributed by atoms with E-state index < -0.39 is 0 Å². The Morgan fingerprint density at radius 3 is 2.50 bits per heavy atom. The third-order valence-corrected chi connectivity index (χ3v) is 5.25. The van der Waals surface area contributed by atoms with E-state index in [1.54, 1.807) is 0 Å². The number of rotatable bonds is 4. The van der Waals surface area contributed by atoms with Crippen LogP contribution in [0, 0.1) is 11.8 Å². The molecule has 0 aliphatic carbocycles. The lowest BCUT2D eigenvalue weighted by Crippen LogP contribution is -2.35. The second-order valence-corrected chi connectivity index (χ2v) is 6.43. The summed E-state index contributed by atoms with van der Waals surface area (Å²) < 4.78 is 0. The fraction of sp³-hybridized carbons (Fsp3) is 1.00. The molecule has 2 rings (SSSR count). The van der Waals surface area contributed by atoms with Crippen molar-refractivity contribution in [2.45, 2.75) is 32.1 Å². The van der Waals surface area contributed by atoms with E-state index in [9.17, 15) is 5.11 Å². The average molecular weight is 243 g/mol. The number of thioether (sulfide) groups is 1. The van der Waals surface area contributed by atoms with Crippen LogP contribution in [0.5, 0.6) is 0 Å². The first-order valence-corrected chi connectivity index (χ1v) is 7.96. The molecule has 0 aromatic carbocycles. The minimum absolute atomic E-state index is 0.391. The summed E-state index contributed by atoms with van der Waals surface area (Å²) in [6.45, 7) is 4.05. The van der Waals surface area contributed by atoms with Gasteiger partial charge in [0, 0.05) is 13.2 Å². The minimum Gasteiger partial charge on any atom is -0.396 e. The summed E-state index contributed by atoms with van der Waals surface area (Å²) in [5.74, 6) is 3.90. The Morgan fingerprint density at radius 2 is 1.94 bits per heavy atom. The third-order valence-electron chi connectivity index (χ3n) is 4.06. The van der Waals surface area contributed by atoms with Gasteiger partial charge in [-0.3, -0.25) is 0 Å². The molecule has 0 bridgehead atoms. The van der Waals surface area contributed by atoms with Crippen LogP contribution in [0.15, 0.2) is 0 Å². The standard InChI is InChI=1S/C13H25NOS/c15-10-13(12-5-8-16-11-12)9-14-6-3-1-2-4-7-14/h12-13,15H,1-11H2. The molecule has 0 radical (unpaired) electrons. The van der Waals surface area contributed by atoms with Gasteiger partial charge >= 0.3 is 0 Å². The van der Waals surface area contributed by atoms with Gasteiger partial charge in [-0.2, -0.15) is 11.8 Å².